The highest BCUT2D eigenvalue weighted by Crippen LogP contribution is 2.41. The van der Waals surface area contributed by atoms with Crippen LogP contribution >= 0.6 is 0 Å². The Balaban J connectivity index is 1.69. The van der Waals surface area contributed by atoms with E-state index in [1.54, 1.807) is 50.5 Å². The molecule has 334 valence electrons. The molecule has 15 heteroatoms. The predicted molar refractivity (Wildman–Crippen MR) is 226 cm³/mol. The second-order valence-corrected chi connectivity index (χ2v) is 17.6. The molecule has 0 bridgehead atoms. The molecule has 0 aliphatic carbocycles. The summed E-state index contributed by atoms with van der Waals surface area (Å²) in [5.74, 6) is -5.30. The highest BCUT2D eigenvalue weighted by Gasteiger charge is 2.51. The van der Waals surface area contributed by atoms with Crippen LogP contribution < -0.4 is 0 Å². The summed E-state index contributed by atoms with van der Waals surface area (Å²) in [7, 11) is 5.21. The van der Waals surface area contributed by atoms with E-state index >= 15 is 0 Å². The molecule has 2 aromatic heterocycles. The molecular weight excluding hydrogens is 771 g/mol. The Hall–Kier alpha value is -3.86. The van der Waals surface area contributed by atoms with E-state index < -0.39 is 77.1 Å². The summed E-state index contributed by atoms with van der Waals surface area (Å²) in [6, 6.07) is 2.74. The Morgan fingerprint density at radius 3 is 2.47 bits per heavy atom. The predicted octanol–water partition coefficient (Wildman–Crippen LogP) is 5.05. The van der Waals surface area contributed by atoms with Gasteiger partial charge in [0.25, 0.3) is 0 Å². The van der Waals surface area contributed by atoms with Crippen LogP contribution in [-0.2, 0) is 44.7 Å². The molecule has 4 rings (SSSR count). The van der Waals surface area contributed by atoms with Crippen molar-refractivity contribution in [1.29, 1.82) is 0 Å². The summed E-state index contributed by atoms with van der Waals surface area (Å²) in [6.45, 7) is 17.0. The van der Waals surface area contributed by atoms with E-state index in [9.17, 15) is 29.4 Å². The van der Waals surface area contributed by atoms with E-state index in [0.717, 1.165) is 11.3 Å². The Labute approximate surface area is 355 Å². The second-order valence-electron chi connectivity index (χ2n) is 17.6. The number of unbranched alkanes of at least 4 members (excludes halogenated alkanes) is 1. The maximum atomic E-state index is 14.6. The third-order valence-electron chi connectivity index (χ3n) is 12.9. The molecule has 2 N–H and O–H groups in total. The van der Waals surface area contributed by atoms with E-state index in [4.69, 9.17) is 18.9 Å². The molecule has 2 fully saturated rings. The molecule has 2 aromatic rings. The van der Waals surface area contributed by atoms with Gasteiger partial charge in [-0.2, -0.15) is 0 Å². The van der Waals surface area contributed by atoms with Gasteiger partial charge in [0.15, 0.2) is 12.1 Å². The molecule has 0 amide bonds. The van der Waals surface area contributed by atoms with Crippen LogP contribution in [0.2, 0.25) is 0 Å². The number of aliphatic carboxylic acids is 1. The lowest BCUT2D eigenvalue weighted by atomic mass is 9.71. The third kappa shape index (κ3) is 11.5. The van der Waals surface area contributed by atoms with Crippen molar-refractivity contribution < 1.29 is 48.3 Å². The van der Waals surface area contributed by atoms with Gasteiger partial charge in [0, 0.05) is 73.6 Å². The number of nitrogens with zero attached hydrogens (tertiary/aromatic N) is 5. The van der Waals surface area contributed by atoms with Gasteiger partial charge in [-0.3, -0.25) is 29.1 Å². The second kappa shape index (κ2) is 21.3. The number of aliphatic hydroxyl groups is 1. The van der Waals surface area contributed by atoms with Crippen LogP contribution in [0.25, 0.3) is 11.3 Å². The summed E-state index contributed by atoms with van der Waals surface area (Å²) < 4.78 is 27.1. The molecule has 0 radical (unpaired) electrons. The Bertz CT molecular complexity index is 1760. The molecule has 2 aliphatic rings. The van der Waals surface area contributed by atoms with Crippen LogP contribution in [0.4, 0.5) is 0 Å². The average molecular weight is 840 g/mol. The fraction of sp³-hybridized carbons (Fsp3) is 0.689. The normalized spacial score (nSPS) is 33.7. The number of carboxylic acids is 1. The van der Waals surface area contributed by atoms with E-state index in [1.165, 1.54) is 14.0 Å². The first kappa shape index (κ1) is 48.8. The van der Waals surface area contributed by atoms with Gasteiger partial charge < -0.3 is 38.6 Å². The average Bonchev–Trinajstić information content (AvgIpc) is 3.70. The fourth-order valence-corrected chi connectivity index (χ4v) is 9.07. The van der Waals surface area contributed by atoms with Crippen LogP contribution in [-0.4, -0.2) is 141 Å². The molecule has 60 heavy (non-hydrogen) atoms. The smallest absolute Gasteiger partial charge is 0.317 e. The van der Waals surface area contributed by atoms with Gasteiger partial charge in [-0.1, -0.05) is 33.8 Å². The molecule has 15 nitrogen and oxygen atoms in total. The number of methoxy groups -OCH3 is 1. The maximum Gasteiger partial charge on any atom is 0.317 e. The first-order chi connectivity index (χ1) is 28.3. The summed E-state index contributed by atoms with van der Waals surface area (Å²) in [4.78, 5) is 68.0. The lowest BCUT2D eigenvalue weighted by Crippen LogP contribution is -2.59. The van der Waals surface area contributed by atoms with Crippen molar-refractivity contribution in [3.05, 3.63) is 49.7 Å². The van der Waals surface area contributed by atoms with Gasteiger partial charge in [-0.15, -0.1) is 6.58 Å². The van der Waals surface area contributed by atoms with Gasteiger partial charge >= 0.3 is 11.9 Å². The number of Topliss-reactive ketones (excluding diaryl/α,β-unsaturated/α-hetero) is 2. The van der Waals surface area contributed by atoms with Crippen molar-refractivity contribution in [2.45, 2.75) is 142 Å². The first-order valence-electron chi connectivity index (χ1n) is 21.3. The summed E-state index contributed by atoms with van der Waals surface area (Å²) in [5.41, 5.74) is -0.700. The zero-order valence-electron chi connectivity index (χ0n) is 37.3. The largest absolute Gasteiger partial charge is 0.480 e. The van der Waals surface area contributed by atoms with Gasteiger partial charge in [0.05, 0.1) is 36.4 Å². The minimum Gasteiger partial charge on any atom is -0.480 e. The summed E-state index contributed by atoms with van der Waals surface area (Å²) in [5, 5.41) is 21.7. The molecule has 4 heterocycles. The number of ether oxygens (including phenoxy) is 4. The maximum absolute atomic E-state index is 14.6. The van der Waals surface area contributed by atoms with Gasteiger partial charge in [-0.25, -0.2) is 4.98 Å². The first-order valence-corrected chi connectivity index (χ1v) is 21.3. The number of carboxylic acid groups (broad SMARTS) is 1. The molecule has 2 aliphatic heterocycles. The Morgan fingerprint density at radius 1 is 1.15 bits per heavy atom. The fourth-order valence-electron chi connectivity index (χ4n) is 9.07. The number of pyridine rings is 1. The lowest BCUT2D eigenvalue weighted by molar-refractivity contribution is -0.295. The molecular formula is C45H69N5O10. The molecule has 0 spiro atoms. The lowest BCUT2D eigenvalue weighted by Gasteiger charge is -2.48. The molecule has 12 atom stereocenters. The number of hydrogen-bond donors (Lipinski definition) is 2. The number of imidazole rings is 1. The number of ketones is 2. The van der Waals surface area contributed by atoms with E-state index in [1.807, 2.05) is 62.7 Å². The van der Waals surface area contributed by atoms with Crippen molar-refractivity contribution >= 4 is 23.5 Å². The summed E-state index contributed by atoms with van der Waals surface area (Å²) in [6.07, 6.45) is 6.58. The van der Waals surface area contributed by atoms with Crippen molar-refractivity contribution in [2.75, 3.05) is 34.3 Å². The third-order valence-corrected chi connectivity index (χ3v) is 12.9. The van der Waals surface area contributed by atoms with Crippen molar-refractivity contribution in [1.82, 2.24) is 24.3 Å². The Kier molecular flexibility index (Phi) is 17.3. The van der Waals surface area contributed by atoms with Crippen molar-refractivity contribution in [3.8, 4) is 11.3 Å². The quantitative estimate of drug-likeness (QED) is 0.105. The number of cyclic esters (lactones) is 1. The zero-order chi connectivity index (χ0) is 44.5. The molecule has 6 unspecified atom stereocenters. The molecule has 0 aromatic carbocycles. The van der Waals surface area contributed by atoms with Crippen LogP contribution in [0.15, 0.2) is 49.7 Å². The van der Waals surface area contributed by atoms with Crippen LogP contribution in [0, 0.1) is 23.2 Å². The molecule has 2 saturated heterocycles. The molecule has 0 saturated carbocycles. The van der Waals surface area contributed by atoms with E-state index in [2.05, 4.69) is 16.5 Å². The van der Waals surface area contributed by atoms with Crippen LogP contribution in [0.5, 0.6) is 0 Å². The minimum absolute atomic E-state index is 0.0805. The highest BCUT2D eigenvalue weighted by atomic mass is 16.7. The number of esters is 1. The zero-order valence-corrected chi connectivity index (χ0v) is 37.3. The number of likely N-dealkylation sites (N-methyl/N-ethyl adjacent to an activating group) is 1. The van der Waals surface area contributed by atoms with Gasteiger partial charge in [0.1, 0.15) is 23.9 Å². The minimum atomic E-state index is -1.29. The SMILES string of the molecule is C=C[C@@]1(C)C(CC)OC(=O)C(C)C(=O)C(C)[C@@H](OC2OC(C)CC(N(C)C)[C@H]2O)[C@@](C)(OC)C[C@@H](C)C(=O)C[C@H]1N(CCCCn1cnc(-c2cccnc2)c1)CC(=O)O. The topological polar surface area (TPSA) is 183 Å². The number of aromatic nitrogens is 3. The van der Waals surface area contributed by atoms with Crippen LogP contribution in [0.3, 0.4) is 0 Å². The number of rotatable bonds is 15. The Morgan fingerprint density at radius 2 is 1.87 bits per heavy atom. The number of carbonyl (C=O) groups is 4. The van der Waals surface area contributed by atoms with Crippen molar-refractivity contribution in [3.63, 3.8) is 0 Å². The standard InChI is InChI=1S/C45H69N5O10/c1-12-37-44(7,13-2)36(50(26-38(52)53)20-15-14-19-49-25-33(47-27-49)32-17-16-18-46-24-32)22-35(51)28(3)23-45(8,57-11)41(30(5)39(54)31(6)42(56)59-37)60-43-40(55)34(48(9)10)21-29(4)58-43/h13,16-18,24-25,27-31,34,36-37,40-41,43,55H,2,12,14-15,19-23,26H2,1,3-11H3,(H,52,53)/t28-,29?,30?,31?,34?,36-,37?,40-,41-,43?,44-,45+/m1/s1. The monoisotopic (exact) mass is 840 g/mol. The number of carbonyl (C=O) groups excluding carboxylic acids is 3. The van der Waals surface area contributed by atoms with Gasteiger partial charge in [-0.05, 0) is 85.6 Å². The van der Waals surface area contributed by atoms with Gasteiger partial charge in [0.2, 0.25) is 0 Å². The van der Waals surface area contributed by atoms with Crippen LogP contribution in [0.1, 0.15) is 87.0 Å². The van der Waals surface area contributed by atoms with E-state index in [-0.39, 0.29) is 37.3 Å². The summed E-state index contributed by atoms with van der Waals surface area (Å²) >= 11 is 0. The number of aliphatic hydroxyl groups excluding tert-OH is 1. The van der Waals surface area contributed by atoms with Crippen molar-refractivity contribution in [2.24, 2.45) is 23.2 Å². The number of hydrogen-bond acceptors (Lipinski definition) is 13. The highest BCUT2D eigenvalue weighted by molar-refractivity contribution is 6.00. The van der Waals surface area contributed by atoms with E-state index in [0.29, 0.717) is 38.8 Å². The number of aryl methyl sites for hydroxylation is 1.